The standard InChI is InChI=1S/C12H16N4O2.ClH/c1-7(2)10(13)12-15-11(16-18-12)8-4-5-9(17-3)14-6-8;/h4-7,10H,13H2,1-3H3;1H. The fourth-order valence-corrected chi connectivity index (χ4v) is 1.41. The van der Waals surface area contributed by atoms with Crippen LogP contribution >= 0.6 is 12.4 Å². The van der Waals surface area contributed by atoms with E-state index in [1.165, 1.54) is 0 Å². The lowest BCUT2D eigenvalue weighted by Gasteiger charge is -2.09. The molecule has 1 atom stereocenters. The predicted molar refractivity (Wildman–Crippen MR) is 73.1 cm³/mol. The molecule has 0 bridgehead atoms. The zero-order valence-electron chi connectivity index (χ0n) is 11.0. The van der Waals surface area contributed by atoms with Crippen molar-refractivity contribution in [1.82, 2.24) is 15.1 Å². The largest absolute Gasteiger partial charge is 0.481 e. The third kappa shape index (κ3) is 3.42. The molecular formula is C12H17ClN4O2. The van der Waals surface area contributed by atoms with E-state index in [-0.39, 0.29) is 24.4 Å². The second-order valence-electron chi connectivity index (χ2n) is 4.32. The molecule has 2 aromatic rings. The smallest absolute Gasteiger partial charge is 0.244 e. The number of pyridine rings is 1. The SMILES string of the molecule is COc1ccc(-c2noc(C(N)C(C)C)n2)cn1.Cl. The number of methoxy groups -OCH3 is 1. The Labute approximate surface area is 117 Å². The Kier molecular flexibility index (Phi) is 5.26. The summed E-state index contributed by atoms with van der Waals surface area (Å²) in [6.45, 7) is 4.01. The maximum Gasteiger partial charge on any atom is 0.244 e. The van der Waals surface area contributed by atoms with E-state index in [0.717, 1.165) is 5.56 Å². The van der Waals surface area contributed by atoms with Gasteiger partial charge in [0.25, 0.3) is 0 Å². The highest BCUT2D eigenvalue weighted by molar-refractivity contribution is 5.85. The number of nitrogens with two attached hydrogens (primary N) is 1. The van der Waals surface area contributed by atoms with Gasteiger partial charge in [0.05, 0.1) is 13.2 Å². The van der Waals surface area contributed by atoms with Crippen molar-refractivity contribution in [2.75, 3.05) is 7.11 Å². The van der Waals surface area contributed by atoms with E-state index >= 15 is 0 Å². The molecule has 2 aromatic heterocycles. The summed E-state index contributed by atoms with van der Waals surface area (Å²) in [4.78, 5) is 8.36. The molecule has 104 valence electrons. The molecule has 19 heavy (non-hydrogen) atoms. The fraction of sp³-hybridized carbons (Fsp3) is 0.417. The molecule has 1 unspecified atom stereocenters. The number of halogens is 1. The summed E-state index contributed by atoms with van der Waals surface area (Å²) in [6.07, 6.45) is 1.63. The second-order valence-corrected chi connectivity index (χ2v) is 4.32. The molecule has 0 aliphatic carbocycles. The van der Waals surface area contributed by atoms with Gasteiger partial charge in [-0.1, -0.05) is 19.0 Å². The molecular weight excluding hydrogens is 268 g/mol. The minimum absolute atomic E-state index is 0. The van der Waals surface area contributed by atoms with E-state index in [2.05, 4.69) is 15.1 Å². The van der Waals surface area contributed by atoms with Gasteiger partial charge in [0, 0.05) is 17.8 Å². The third-order valence-electron chi connectivity index (χ3n) is 2.65. The summed E-state index contributed by atoms with van der Waals surface area (Å²) in [5.74, 6) is 1.71. The van der Waals surface area contributed by atoms with E-state index in [4.69, 9.17) is 15.0 Å². The molecule has 0 spiro atoms. The first-order valence-corrected chi connectivity index (χ1v) is 5.71. The number of aromatic nitrogens is 3. The van der Waals surface area contributed by atoms with Gasteiger partial charge in [-0.25, -0.2) is 4.98 Å². The molecule has 0 saturated carbocycles. The van der Waals surface area contributed by atoms with Crippen molar-refractivity contribution < 1.29 is 9.26 Å². The number of ether oxygens (including phenoxy) is 1. The summed E-state index contributed by atoms with van der Waals surface area (Å²) in [5.41, 5.74) is 6.71. The van der Waals surface area contributed by atoms with Gasteiger partial charge < -0.3 is 15.0 Å². The zero-order valence-corrected chi connectivity index (χ0v) is 11.8. The van der Waals surface area contributed by atoms with Crippen molar-refractivity contribution in [2.45, 2.75) is 19.9 Å². The lowest BCUT2D eigenvalue weighted by Crippen LogP contribution is -2.16. The van der Waals surface area contributed by atoms with Crippen LogP contribution in [-0.4, -0.2) is 22.2 Å². The van der Waals surface area contributed by atoms with Crippen molar-refractivity contribution in [2.24, 2.45) is 11.7 Å². The van der Waals surface area contributed by atoms with Gasteiger partial charge in [-0.15, -0.1) is 12.4 Å². The van der Waals surface area contributed by atoms with Gasteiger partial charge >= 0.3 is 0 Å². The molecule has 0 aromatic carbocycles. The van der Waals surface area contributed by atoms with Crippen LogP contribution < -0.4 is 10.5 Å². The fourth-order valence-electron chi connectivity index (χ4n) is 1.41. The van der Waals surface area contributed by atoms with Crippen LogP contribution in [0.5, 0.6) is 5.88 Å². The molecule has 2 rings (SSSR count). The molecule has 0 amide bonds. The predicted octanol–water partition coefficient (Wildman–Crippen LogP) is 2.22. The average molecular weight is 285 g/mol. The number of rotatable bonds is 4. The average Bonchev–Trinajstić information content (AvgIpc) is 2.87. The molecule has 2 heterocycles. The molecule has 6 nitrogen and oxygen atoms in total. The summed E-state index contributed by atoms with van der Waals surface area (Å²) in [6, 6.07) is 3.31. The Morgan fingerprint density at radius 2 is 2.05 bits per heavy atom. The van der Waals surface area contributed by atoms with Gasteiger partial charge in [-0.3, -0.25) is 0 Å². The Morgan fingerprint density at radius 1 is 1.32 bits per heavy atom. The first-order valence-electron chi connectivity index (χ1n) is 5.71. The van der Waals surface area contributed by atoms with Crippen LogP contribution in [0.25, 0.3) is 11.4 Å². The van der Waals surface area contributed by atoms with Gasteiger partial charge in [0.15, 0.2) is 0 Å². The minimum Gasteiger partial charge on any atom is -0.481 e. The van der Waals surface area contributed by atoms with Crippen LogP contribution in [0, 0.1) is 5.92 Å². The van der Waals surface area contributed by atoms with Gasteiger partial charge in [-0.2, -0.15) is 4.98 Å². The van der Waals surface area contributed by atoms with E-state index in [0.29, 0.717) is 17.6 Å². The van der Waals surface area contributed by atoms with Gasteiger partial charge in [0.2, 0.25) is 17.6 Å². The number of nitrogens with zero attached hydrogens (tertiary/aromatic N) is 3. The highest BCUT2D eigenvalue weighted by Crippen LogP contribution is 2.21. The van der Waals surface area contributed by atoms with Gasteiger partial charge in [0.1, 0.15) is 0 Å². The number of hydrogen-bond acceptors (Lipinski definition) is 6. The molecule has 0 radical (unpaired) electrons. The van der Waals surface area contributed by atoms with Crippen LogP contribution in [0.3, 0.4) is 0 Å². The molecule has 0 aliphatic heterocycles. The highest BCUT2D eigenvalue weighted by Gasteiger charge is 2.18. The summed E-state index contributed by atoms with van der Waals surface area (Å²) >= 11 is 0. The molecule has 0 saturated heterocycles. The monoisotopic (exact) mass is 284 g/mol. The van der Waals surface area contributed by atoms with Gasteiger partial charge in [-0.05, 0) is 12.0 Å². The second kappa shape index (κ2) is 6.49. The van der Waals surface area contributed by atoms with Crippen molar-refractivity contribution in [1.29, 1.82) is 0 Å². The van der Waals surface area contributed by atoms with Crippen molar-refractivity contribution in [3.8, 4) is 17.3 Å². The Bertz CT molecular complexity index is 513. The van der Waals surface area contributed by atoms with E-state index in [1.807, 2.05) is 19.9 Å². The summed E-state index contributed by atoms with van der Waals surface area (Å²) in [7, 11) is 1.57. The van der Waals surface area contributed by atoms with Crippen LogP contribution in [0.1, 0.15) is 25.8 Å². The molecule has 2 N–H and O–H groups in total. The van der Waals surface area contributed by atoms with Crippen LogP contribution in [0.4, 0.5) is 0 Å². The molecule has 0 aliphatic rings. The zero-order chi connectivity index (χ0) is 13.1. The quantitative estimate of drug-likeness (QED) is 0.926. The third-order valence-corrected chi connectivity index (χ3v) is 2.65. The Balaban J connectivity index is 0.00000180. The Hall–Kier alpha value is -1.66. The maximum atomic E-state index is 5.94. The maximum absolute atomic E-state index is 5.94. The lowest BCUT2D eigenvalue weighted by atomic mass is 10.1. The highest BCUT2D eigenvalue weighted by atomic mass is 35.5. The molecule has 0 fully saturated rings. The van der Waals surface area contributed by atoms with Crippen LogP contribution in [0.2, 0.25) is 0 Å². The lowest BCUT2D eigenvalue weighted by molar-refractivity contribution is 0.325. The van der Waals surface area contributed by atoms with Crippen molar-refractivity contribution in [3.05, 3.63) is 24.2 Å². The Morgan fingerprint density at radius 3 is 2.58 bits per heavy atom. The van der Waals surface area contributed by atoms with Crippen LogP contribution in [0.15, 0.2) is 22.9 Å². The summed E-state index contributed by atoms with van der Waals surface area (Å²) < 4.78 is 10.1. The van der Waals surface area contributed by atoms with Crippen LogP contribution in [-0.2, 0) is 0 Å². The van der Waals surface area contributed by atoms with E-state index < -0.39 is 0 Å². The first-order chi connectivity index (χ1) is 8.61. The van der Waals surface area contributed by atoms with E-state index in [9.17, 15) is 0 Å². The topological polar surface area (TPSA) is 87.1 Å². The normalized spacial score (nSPS) is 12.1. The summed E-state index contributed by atoms with van der Waals surface area (Å²) in [5, 5.41) is 3.90. The van der Waals surface area contributed by atoms with E-state index in [1.54, 1.807) is 19.4 Å². The van der Waals surface area contributed by atoms with Crippen molar-refractivity contribution in [3.63, 3.8) is 0 Å². The molecule has 7 heteroatoms. The van der Waals surface area contributed by atoms with Crippen molar-refractivity contribution >= 4 is 12.4 Å². The minimum atomic E-state index is -0.252. The number of hydrogen-bond donors (Lipinski definition) is 1. The first kappa shape index (κ1) is 15.4.